The number of fused-ring (bicyclic) bond motifs is 1. The summed E-state index contributed by atoms with van der Waals surface area (Å²) in [5, 5.41) is 12.7. The number of methoxy groups -OCH3 is 1. The summed E-state index contributed by atoms with van der Waals surface area (Å²) in [4.78, 5) is 15.8. The Bertz CT molecular complexity index is 883. The molecule has 0 aromatic heterocycles. The maximum atomic E-state index is 14.5. The first-order chi connectivity index (χ1) is 11.9. The number of hydrogen-bond acceptors (Lipinski definition) is 4. The highest BCUT2D eigenvalue weighted by molar-refractivity contribution is 6.37. The van der Waals surface area contributed by atoms with Crippen molar-refractivity contribution >= 4 is 29.0 Å². The van der Waals surface area contributed by atoms with Crippen LogP contribution in [0.1, 0.15) is 16.7 Å². The van der Waals surface area contributed by atoms with Gasteiger partial charge in [-0.3, -0.25) is 4.99 Å². The summed E-state index contributed by atoms with van der Waals surface area (Å²) in [6.45, 7) is 1.77. The lowest BCUT2D eigenvalue weighted by Crippen LogP contribution is -2.31. The number of anilines is 1. The normalized spacial score (nSPS) is 16.3. The summed E-state index contributed by atoms with van der Waals surface area (Å²) < 4.78 is 19.7. The average molecular weight is 363 g/mol. The van der Waals surface area contributed by atoms with E-state index in [9.17, 15) is 14.3 Å². The fourth-order valence-corrected chi connectivity index (χ4v) is 2.95. The second-order valence-electron chi connectivity index (χ2n) is 5.69. The van der Waals surface area contributed by atoms with Crippen LogP contribution >= 0.6 is 11.6 Å². The predicted molar refractivity (Wildman–Crippen MR) is 94.7 cm³/mol. The van der Waals surface area contributed by atoms with Crippen molar-refractivity contribution in [2.75, 3.05) is 19.0 Å². The van der Waals surface area contributed by atoms with Gasteiger partial charge in [0.1, 0.15) is 17.6 Å². The molecule has 1 heterocycles. The monoisotopic (exact) mass is 362 g/mol. The van der Waals surface area contributed by atoms with Crippen LogP contribution in [0.4, 0.5) is 10.1 Å². The predicted octanol–water partition coefficient (Wildman–Crippen LogP) is 3.51. The van der Waals surface area contributed by atoms with E-state index in [1.54, 1.807) is 12.1 Å². The second-order valence-corrected chi connectivity index (χ2v) is 6.07. The summed E-state index contributed by atoms with van der Waals surface area (Å²) in [5.41, 5.74) is 2.28. The first-order valence-electron chi connectivity index (χ1n) is 7.59. The number of aliphatic imine (C=N–C) groups is 1. The first kappa shape index (κ1) is 17.2. The van der Waals surface area contributed by atoms with E-state index in [2.05, 4.69) is 10.3 Å². The number of hydrogen-bond donors (Lipinski definition) is 2. The zero-order chi connectivity index (χ0) is 18.1. The average Bonchev–Trinajstić information content (AvgIpc) is 2.79. The Hall–Kier alpha value is -2.60. The number of benzodiazepines with no additional fused rings is 1. The number of nitrogens with one attached hydrogen (secondary N) is 1. The number of rotatable bonds is 3. The molecule has 0 radical (unpaired) electrons. The fourth-order valence-electron chi connectivity index (χ4n) is 2.70. The summed E-state index contributed by atoms with van der Waals surface area (Å²) in [5.74, 6) is -1.06. The number of nitrogens with zero attached hydrogens (tertiary/aromatic N) is 1. The van der Waals surface area contributed by atoms with Gasteiger partial charge in [0.05, 0.1) is 24.4 Å². The van der Waals surface area contributed by atoms with E-state index in [-0.39, 0.29) is 12.1 Å². The Morgan fingerprint density at radius 2 is 2.16 bits per heavy atom. The van der Waals surface area contributed by atoms with Gasteiger partial charge in [-0.25, -0.2) is 9.18 Å². The molecule has 2 aromatic rings. The molecular formula is C18H16ClFN2O3. The molecule has 0 saturated heterocycles. The fraction of sp³-hybridized carbons (Fsp3) is 0.222. The van der Waals surface area contributed by atoms with Gasteiger partial charge in [0.2, 0.25) is 0 Å². The Morgan fingerprint density at radius 1 is 1.40 bits per heavy atom. The molecule has 1 atom stereocenters. The molecular weight excluding hydrogens is 347 g/mol. The molecule has 1 unspecified atom stereocenters. The largest absolute Gasteiger partial charge is 0.497 e. The Balaban J connectivity index is 2.26. The first-order valence-corrected chi connectivity index (χ1v) is 7.97. The van der Waals surface area contributed by atoms with Crippen molar-refractivity contribution in [3.63, 3.8) is 0 Å². The molecule has 7 heteroatoms. The Kier molecular flexibility index (Phi) is 4.63. The molecule has 0 bridgehead atoms. The van der Waals surface area contributed by atoms with Gasteiger partial charge in [-0.05, 0) is 36.8 Å². The van der Waals surface area contributed by atoms with E-state index in [1.165, 1.54) is 25.3 Å². The van der Waals surface area contributed by atoms with Crippen LogP contribution in [-0.4, -0.2) is 36.5 Å². The standard InChI is InChI=1S/C18H16ClFN2O3/c1-9-3-6-13-15(16(9)19)17(21-8-14(22-13)18(23)24)11-7-10(25-2)4-5-12(11)20/h3-7,14,22H,8H2,1-2H3,(H,23,24). The lowest BCUT2D eigenvalue weighted by Gasteiger charge is -2.16. The highest BCUT2D eigenvalue weighted by Crippen LogP contribution is 2.34. The summed E-state index contributed by atoms with van der Waals surface area (Å²) in [6, 6.07) is 6.89. The van der Waals surface area contributed by atoms with Crippen LogP contribution in [0.15, 0.2) is 35.3 Å². The van der Waals surface area contributed by atoms with Crippen LogP contribution in [0.25, 0.3) is 0 Å². The molecule has 2 aromatic carbocycles. The van der Waals surface area contributed by atoms with Crippen LogP contribution in [0.2, 0.25) is 5.02 Å². The molecule has 25 heavy (non-hydrogen) atoms. The smallest absolute Gasteiger partial charge is 0.328 e. The van der Waals surface area contributed by atoms with Gasteiger partial charge in [0.25, 0.3) is 0 Å². The minimum absolute atomic E-state index is 0.0502. The molecule has 1 aliphatic heterocycles. The van der Waals surface area contributed by atoms with Gasteiger partial charge in [0, 0.05) is 16.8 Å². The van der Waals surface area contributed by atoms with Gasteiger partial charge < -0.3 is 15.2 Å². The molecule has 3 rings (SSSR count). The van der Waals surface area contributed by atoms with E-state index in [4.69, 9.17) is 16.3 Å². The number of carbonyl (C=O) groups is 1. The third-order valence-corrected chi connectivity index (χ3v) is 4.55. The van der Waals surface area contributed by atoms with Crippen molar-refractivity contribution in [1.29, 1.82) is 0 Å². The van der Waals surface area contributed by atoms with Crippen molar-refractivity contribution in [2.24, 2.45) is 4.99 Å². The number of ether oxygens (including phenoxy) is 1. The zero-order valence-corrected chi connectivity index (χ0v) is 14.4. The van der Waals surface area contributed by atoms with Crippen LogP contribution in [0, 0.1) is 12.7 Å². The van der Waals surface area contributed by atoms with E-state index in [0.717, 1.165) is 5.56 Å². The number of aryl methyl sites for hydroxylation is 1. The van der Waals surface area contributed by atoms with Crippen LogP contribution in [-0.2, 0) is 4.79 Å². The quantitative estimate of drug-likeness (QED) is 0.876. The number of aliphatic carboxylic acids is 1. The highest BCUT2D eigenvalue weighted by Gasteiger charge is 2.27. The summed E-state index contributed by atoms with van der Waals surface area (Å²) in [6.07, 6.45) is 0. The van der Waals surface area contributed by atoms with Crippen LogP contribution < -0.4 is 10.1 Å². The van der Waals surface area contributed by atoms with Gasteiger partial charge in [-0.2, -0.15) is 0 Å². The molecule has 0 amide bonds. The summed E-state index contributed by atoms with van der Waals surface area (Å²) in [7, 11) is 1.49. The SMILES string of the molecule is COc1ccc(F)c(C2=NCC(C(=O)O)Nc3ccc(C)c(Cl)c32)c1. The van der Waals surface area contributed by atoms with E-state index < -0.39 is 17.8 Å². The number of carboxylic acids is 1. The van der Waals surface area contributed by atoms with Crippen LogP contribution in [0.5, 0.6) is 5.75 Å². The molecule has 5 nitrogen and oxygen atoms in total. The minimum Gasteiger partial charge on any atom is -0.497 e. The maximum Gasteiger partial charge on any atom is 0.328 e. The third-order valence-electron chi connectivity index (χ3n) is 4.06. The second kappa shape index (κ2) is 6.72. The Morgan fingerprint density at radius 3 is 2.84 bits per heavy atom. The summed E-state index contributed by atoms with van der Waals surface area (Å²) >= 11 is 6.46. The zero-order valence-electron chi connectivity index (χ0n) is 13.6. The van der Waals surface area contributed by atoms with Gasteiger partial charge in [0.15, 0.2) is 0 Å². The highest BCUT2D eigenvalue weighted by atomic mass is 35.5. The lowest BCUT2D eigenvalue weighted by molar-refractivity contribution is -0.137. The van der Waals surface area contributed by atoms with E-state index >= 15 is 0 Å². The van der Waals surface area contributed by atoms with Crippen molar-refractivity contribution in [2.45, 2.75) is 13.0 Å². The molecule has 0 saturated carbocycles. The van der Waals surface area contributed by atoms with E-state index in [0.29, 0.717) is 27.7 Å². The molecule has 2 N–H and O–H groups in total. The van der Waals surface area contributed by atoms with Crippen LogP contribution in [0.3, 0.4) is 0 Å². The van der Waals surface area contributed by atoms with Crippen molar-refractivity contribution in [1.82, 2.24) is 0 Å². The molecule has 130 valence electrons. The third kappa shape index (κ3) is 3.17. The van der Waals surface area contributed by atoms with E-state index in [1.807, 2.05) is 6.92 Å². The van der Waals surface area contributed by atoms with Crippen molar-refractivity contribution in [3.05, 3.63) is 57.9 Å². The van der Waals surface area contributed by atoms with Crippen molar-refractivity contribution in [3.8, 4) is 5.75 Å². The molecule has 0 spiro atoms. The van der Waals surface area contributed by atoms with Crippen molar-refractivity contribution < 1.29 is 19.0 Å². The number of carboxylic acid groups (broad SMARTS) is 1. The minimum atomic E-state index is -1.04. The molecule has 1 aliphatic rings. The number of halogens is 2. The van der Waals surface area contributed by atoms with Gasteiger partial charge in [-0.1, -0.05) is 17.7 Å². The number of benzene rings is 2. The van der Waals surface area contributed by atoms with Gasteiger partial charge in [-0.15, -0.1) is 0 Å². The Labute approximate surface area is 149 Å². The molecule has 0 aliphatic carbocycles. The molecule has 0 fully saturated rings. The maximum absolute atomic E-state index is 14.5. The van der Waals surface area contributed by atoms with Gasteiger partial charge >= 0.3 is 5.97 Å². The lowest BCUT2D eigenvalue weighted by atomic mass is 9.98. The topological polar surface area (TPSA) is 70.9 Å².